The molecule has 4 rings (SSSR count). The first-order valence-electron chi connectivity index (χ1n) is 13.6. The summed E-state index contributed by atoms with van der Waals surface area (Å²) >= 11 is 0. The molecular weight excluding hydrogens is 561 g/mol. The normalized spacial score (nSPS) is 16.3. The molecule has 3 aromatic rings. The van der Waals surface area contributed by atoms with E-state index in [9.17, 15) is 22.4 Å². The molecule has 3 aromatic carbocycles. The van der Waals surface area contributed by atoms with Crippen molar-refractivity contribution in [3.63, 3.8) is 0 Å². The molecule has 0 spiro atoms. The minimum atomic E-state index is -3.94. The summed E-state index contributed by atoms with van der Waals surface area (Å²) in [6, 6.07) is 20.1. The number of ether oxygens (including phenoxy) is 2. The molecule has 0 saturated carbocycles. The zero-order chi connectivity index (χ0) is 30.7. The van der Waals surface area contributed by atoms with E-state index in [2.05, 4.69) is 0 Å². The van der Waals surface area contributed by atoms with Crippen LogP contribution in [0.5, 0.6) is 5.75 Å². The highest BCUT2D eigenvalue weighted by Gasteiger charge is 2.52. The van der Waals surface area contributed by atoms with Crippen molar-refractivity contribution in [1.29, 1.82) is 0 Å². The van der Waals surface area contributed by atoms with Crippen LogP contribution in [-0.2, 0) is 36.4 Å². The topological polar surface area (TPSA) is 119 Å². The molecule has 9 nitrogen and oxygen atoms in total. The average molecular weight is 598 g/mol. The van der Waals surface area contributed by atoms with Gasteiger partial charge in [0.15, 0.2) is 11.7 Å². The van der Waals surface area contributed by atoms with E-state index in [1.807, 2.05) is 30.3 Å². The molecule has 1 aliphatic heterocycles. The lowest BCUT2D eigenvalue weighted by Gasteiger charge is -2.48. The third-order valence-corrected chi connectivity index (χ3v) is 8.89. The number of hydrogen-bond acceptors (Lipinski definition) is 7. The van der Waals surface area contributed by atoms with E-state index >= 15 is 0 Å². The van der Waals surface area contributed by atoms with Crippen molar-refractivity contribution < 1.29 is 31.9 Å². The van der Waals surface area contributed by atoms with Crippen LogP contribution in [-0.4, -0.2) is 68.8 Å². The summed E-state index contributed by atoms with van der Waals surface area (Å²) in [5.74, 6) is -1.51. The lowest BCUT2D eigenvalue weighted by Crippen LogP contribution is -2.64. The second kappa shape index (κ2) is 12.6. The van der Waals surface area contributed by atoms with Crippen LogP contribution in [0, 0.1) is 11.7 Å². The third-order valence-electron chi connectivity index (χ3n) is 7.10. The first-order valence-corrected chi connectivity index (χ1v) is 15.0. The van der Waals surface area contributed by atoms with Crippen LogP contribution < -0.4 is 10.5 Å². The van der Waals surface area contributed by atoms with E-state index in [0.717, 1.165) is 5.56 Å². The maximum atomic E-state index is 13.9. The molecule has 0 aromatic heterocycles. The fourth-order valence-corrected chi connectivity index (χ4v) is 6.36. The molecule has 1 heterocycles. The fraction of sp³-hybridized carbons (Fsp3) is 0.355. The lowest BCUT2D eigenvalue weighted by atomic mass is 9.87. The second-order valence-electron chi connectivity index (χ2n) is 11.0. The number of sulfonamides is 1. The summed E-state index contributed by atoms with van der Waals surface area (Å²) in [5, 5.41) is 0. The summed E-state index contributed by atoms with van der Waals surface area (Å²) in [4.78, 5) is 26.5. The van der Waals surface area contributed by atoms with Crippen molar-refractivity contribution in [2.45, 2.75) is 42.9 Å². The van der Waals surface area contributed by atoms with Crippen molar-refractivity contribution in [2.75, 3.05) is 27.2 Å². The number of carbonyl (C=O) groups is 2. The SMILES string of the molecule is CC(C)C(OC(=O)[C@@H](N)Cc1cccc(S(=O)(=O)N2CC(Oc3cccc(F)c3)(c3ccccc3)C2)c1)C(=O)N(C)C. The van der Waals surface area contributed by atoms with Crippen LogP contribution in [0.25, 0.3) is 0 Å². The van der Waals surface area contributed by atoms with Crippen LogP contribution in [0.15, 0.2) is 83.8 Å². The molecule has 1 fully saturated rings. The Kier molecular flexibility index (Phi) is 9.34. The Morgan fingerprint density at radius 3 is 2.29 bits per heavy atom. The minimum absolute atomic E-state index is 0.0137. The molecule has 11 heteroatoms. The van der Waals surface area contributed by atoms with Crippen LogP contribution in [0.3, 0.4) is 0 Å². The maximum absolute atomic E-state index is 13.9. The van der Waals surface area contributed by atoms with Crippen LogP contribution >= 0.6 is 0 Å². The smallest absolute Gasteiger partial charge is 0.324 e. The molecule has 1 aliphatic rings. The van der Waals surface area contributed by atoms with Gasteiger partial charge in [-0.15, -0.1) is 0 Å². The molecule has 0 aliphatic carbocycles. The zero-order valence-corrected chi connectivity index (χ0v) is 24.9. The summed E-state index contributed by atoms with van der Waals surface area (Å²) < 4.78 is 54.0. The zero-order valence-electron chi connectivity index (χ0n) is 24.1. The second-order valence-corrected chi connectivity index (χ2v) is 12.9. The Bertz CT molecular complexity index is 1520. The number of esters is 1. The molecule has 2 atom stereocenters. The Morgan fingerprint density at radius 1 is 1.00 bits per heavy atom. The highest BCUT2D eigenvalue weighted by Crippen LogP contribution is 2.40. The van der Waals surface area contributed by atoms with Crippen LogP contribution in [0.1, 0.15) is 25.0 Å². The monoisotopic (exact) mass is 597 g/mol. The van der Waals surface area contributed by atoms with Crippen molar-refractivity contribution in [1.82, 2.24) is 9.21 Å². The average Bonchev–Trinajstić information content (AvgIpc) is 2.93. The van der Waals surface area contributed by atoms with Gasteiger partial charge in [0.25, 0.3) is 5.91 Å². The van der Waals surface area contributed by atoms with Gasteiger partial charge >= 0.3 is 5.97 Å². The quantitative estimate of drug-likeness (QED) is 0.337. The van der Waals surface area contributed by atoms with Crippen LogP contribution in [0.2, 0.25) is 0 Å². The van der Waals surface area contributed by atoms with E-state index in [1.165, 1.54) is 39.5 Å². The fourth-order valence-electron chi connectivity index (χ4n) is 4.76. The first-order chi connectivity index (χ1) is 19.8. The molecule has 0 radical (unpaired) electrons. The minimum Gasteiger partial charge on any atom is -0.480 e. The largest absolute Gasteiger partial charge is 0.480 e. The van der Waals surface area contributed by atoms with Gasteiger partial charge in [-0.3, -0.25) is 9.59 Å². The number of carbonyl (C=O) groups excluding carboxylic acids is 2. The van der Waals surface area contributed by atoms with E-state index in [4.69, 9.17) is 15.2 Å². The van der Waals surface area contributed by atoms with Crippen molar-refractivity contribution >= 4 is 21.9 Å². The number of benzene rings is 3. The standard InChI is InChI=1S/C31H36FN3O6S/c1-21(2)28(29(36)34(3)4)40-30(37)27(33)17-22-10-8-15-26(16-22)42(38,39)35-19-31(20-35,23-11-6-5-7-12-23)41-25-14-9-13-24(32)18-25/h5-16,18,21,27-28H,17,19-20,33H2,1-4H3/t27-,28?/m0/s1. The summed E-state index contributed by atoms with van der Waals surface area (Å²) in [6.07, 6.45) is -0.962. The number of nitrogens with two attached hydrogens (primary N) is 1. The molecule has 1 unspecified atom stereocenters. The Labute approximate surface area is 246 Å². The molecule has 2 N–H and O–H groups in total. The van der Waals surface area contributed by atoms with Gasteiger partial charge in [0, 0.05) is 20.2 Å². The number of likely N-dealkylation sites (N-methyl/N-ethyl adjacent to an activating group) is 1. The summed E-state index contributed by atoms with van der Waals surface area (Å²) in [5.41, 5.74) is 6.40. The lowest BCUT2D eigenvalue weighted by molar-refractivity contribution is -0.163. The van der Waals surface area contributed by atoms with E-state index in [-0.39, 0.29) is 36.2 Å². The molecule has 1 saturated heterocycles. The van der Waals surface area contributed by atoms with Gasteiger partial charge in [-0.05, 0) is 47.7 Å². The predicted molar refractivity (Wildman–Crippen MR) is 155 cm³/mol. The summed E-state index contributed by atoms with van der Waals surface area (Å²) in [6.45, 7) is 3.57. The van der Waals surface area contributed by atoms with Gasteiger partial charge in [-0.1, -0.05) is 62.4 Å². The van der Waals surface area contributed by atoms with Crippen molar-refractivity contribution in [2.24, 2.45) is 11.7 Å². The number of nitrogens with zero attached hydrogens (tertiary/aromatic N) is 2. The van der Waals surface area contributed by atoms with Crippen LogP contribution in [0.4, 0.5) is 4.39 Å². The predicted octanol–water partition coefficient (Wildman–Crippen LogP) is 3.33. The highest BCUT2D eigenvalue weighted by atomic mass is 32.2. The van der Waals surface area contributed by atoms with Gasteiger partial charge < -0.3 is 20.1 Å². The van der Waals surface area contributed by atoms with Gasteiger partial charge in [-0.2, -0.15) is 4.31 Å². The van der Waals surface area contributed by atoms with E-state index in [0.29, 0.717) is 11.3 Å². The van der Waals surface area contributed by atoms with E-state index in [1.54, 1.807) is 46.1 Å². The molecule has 1 amide bonds. The number of hydrogen-bond donors (Lipinski definition) is 1. The third kappa shape index (κ3) is 6.80. The van der Waals surface area contributed by atoms with Gasteiger partial charge in [0.05, 0.1) is 18.0 Å². The number of halogens is 1. The Balaban J connectivity index is 1.49. The molecule has 0 bridgehead atoms. The van der Waals surface area contributed by atoms with Crippen molar-refractivity contribution in [3.05, 3.63) is 95.8 Å². The molecule has 42 heavy (non-hydrogen) atoms. The van der Waals surface area contributed by atoms with Gasteiger partial charge in [0.1, 0.15) is 17.6 Å². The number of amides is 1. The highest BCUT2D eigenvalue weighted by molar-refractivity contribution is 7.89. The molecular formula is C31H36FN3O6S. The molecule has 224 valence electrons. The number of rotatable bonds is 11. The van der Waals surface area contributed by atoms with E-state index < -0.39 is 39.6 Å². The Morgan fingerprint density at radius 2 is 1.67 bits per heavy atom. The Hall–Kier alpha value is -3.80. The van der Waals surface area contributed by atoms with Gasteiger partial charge in [-0.25, -0.2) is 12.8 Å². The maximum Gasteiger partial charge on any atom is 0.324 e. The summed E-state index contributed by atoms with van der Waals surface area (Å²) in [7, 11) is -0.786. The van der Waals surface area contributed by atoms with Crippen molar-refractivity contribution in [3.8, 4) is 5.75 Å². The van der Waals surface area contributed by atoms with Gasteiger partial charge in [0.2, 0.25) is 10.0 Å². The first kappa shape index (κ1) is 31.1.